The van der Waals surface area contributed by atoms with Gasteiger partial charge in [0.2, 0.25) is 5.91 Å². The van der Waals surface area contributed by atoms with E-state index in [0.717, 1.165) is 44.9 Å². The standard InChI is InChI=1S/C15H31N3O2/c1-13(2)17(3)12-14-5-8-18(9-6-14)15(19)11-16-7-10-20-4/h13-14,16H,5-12H2,1-4H3. The van der Waals surface area contributed by atoms with Crippen LogP contribution in [-0.4, -0.2) is 75.2 Å². The zero-order chi connectivity index (χ0) is 15.0. The lowest BCUT2D eigenvalue weighted by Crippen LogP contribution is -2.45. The normalized spacial score (nSPS) is 17.2. The van der Waals surface area contributed by atoms with Crippen molar-refractivity contribution in [3.8, 4) is 0 Å². The Balaban J connectivity index is 2.19. The molecule has 0 aliphatic carbocycles. The van der Waals surface area contributed by atoms with Gasteiger partial charge in [0.25, 0.3) is 0 Å². The van der Waals surface area contributed by atoms with Crippen molar-refractivity contribution in [3.05, 3.63) is 0 Å². The second kappa shape index (κ2) is 9.32. The molecule has 0 radical (unpaired) electrons. The van der Waals surface area contributed by atoms with Crippen LogP contribution in [0.5, 0.6) is 0 Å². The number of carbonyl (C=O) groups is 1. The predicted octanol–water partition coefficient (Wildman–Crippen LogP) is 0.801. The van der Waals surface area contributed by atoms with Gasteiger partial charge < -0.3 is 19.9 Å². The number of nitrogens with zero attached hydrogens (tertiary/aromatic N) is 2. The van der Waals surface area contributed by atoms with Crippen LogP contribution in [0.25, 0.3) is 0 Å². The molecule has 5 heteroatoms. The molecule has 0 bridgehead atoms. The minimum atomic E-state index is 0.219. The van der Waals surface area contributed by atoms with E-state index in [1.807, 2.05) is 4.90 Å². The van der Waals surface area contributed by atoms with Crippen LogP contribution in [0.2, 0.25) is 0 Å². The van der Waals surface area contributed by atoms with Crippen LogP contribution in [-0.2, 0) is 9.53 Å². The lowest BCUT2D eigenvalue weighted by atomic mass is 9.96. The Morgan fingerprint density at radius 2 is 2.05 bits per heavy atom. The van der Waals surface area contributed by atoms with Crippen molar-refractivity contribution in [1.82, 2.24) is 15.1 Å². The molecule has 1 N–H and O–H groups in total. The smallest absolute Gasteiger partial charge is 0.236 e. The van der Waals surface area contributed by atoms with Gasteiger partial charge in [-0.1, -0.05) is 0 Å². The zero-order valence-electron chi connectivity index (χ0n) is 13.5. The highest BCUT2D eigenvalue weighted by atomic mass is 16.5. The molecular weight excluding hydrogens is 254 g/mol. The Morgan fingerprint density at radius 1 is 1.40 bits per heavy atom. The second-order valence-electron chi connectivity index (χ2n) is 6.03. The zero-order valence-corrected chi connectivity index (χ0v) is 13.5. The van der Waals surface area contributed by atoms with Crippen molar-refractivity contribution in [2.24, 2.45) is 5.92 Å². The molecule has 0 aromatic rings. The van der Waals surface area contributed by atoms with Gasteiger partial charge in [-0.15, -0.1) is 0 Å². The molecule has 20 heavy (non-hydrogen) atoms. The molecule has 0 aromatic heterocycles. The largest absolute Gasteiger partial charge is 0.383 e. The number of methoxy groups -OCH3 is 1. The maximum atomic E-state index is 12.0. The van der Waals surface area contributed by atoms with E-state index in [4.69, 9.17) is 4.74 Å². The monoisotopic (exact) mass is 285 g/mol. The lowest BCUT2D eigenvalue weighted by Gasteiger charge is -2.35. The number of nitrogens with one attached hydrogen (secondary N) is 1. The Hall–Kier alpha value is -0.650. The number of rotatable bonds is 8. The topological polar surface area (TPSA) is 44.8 Å². The first kappa shape index (κ1) is 17.4. The van der Waals surface area contributed by atoms with E-state index in [9.17, 15) is 4.79 Å². The minimum Gasteiger partial charge on any atom is -0.383 e. The van der Waals surface area contributed by atoms with Gasteiger partial charge in [0, 0.05) is 39.3 Å². The molecule has 1 heterocycles. The molecule has 0 spiro atoms. The highest BCUT2D eigenvalue weighted by Crippen LogP contribution is 2.18. The number of likely N-dealkylation sites (tertiary alicyclic amines) is 1. The molecule has 0 atom stereocenters. The lowest BCUT2D eigenvalue weighted by molar-refractivity contribution is -0.131. The molecule has 1 aliphatic rings. The van der Waals surface area contributed by atoms with Gasteiger partial charge in [-0.05, 0) is 39.7 Å². The van der Waals surface area contributed by atoms with E-state index >= 15 is 0 Å². The highest BCUT2D eigenvalue weighted by Gasteiger charge is 2.23. The van der Waals surface area contributed by atoms with Gasteiger partial charge in [-0.3, -0.25) is 4.79 Å². The number of hydrogen-bond acceptors (Lipinski definition) is 4. The summed E-state index contributed by atoms with van der Waals surface area (Å²) in [4.78, 5) is 16.4. The summed E-state index contributed by atoms with van der Waals surface area (Å²) < 4.78 is 4.95. The molecule has 1 saturated heterocycles. The average Bonchev–Trinajstić information content (AvgIpc) is 2.44. The van der Waals surface area contributed by atoms with Gasteiger partial charge in [-0.25, -0.2) is 0 Å². The summed E-state index contributed by atoms with van der Waals surface area (Å²) in [5.74, 6) is 0.949. The van der Waals surface area contributed by atoms with E-state index in [2.05, 4.69) is 31.1 Å². The SMILES string of the molecule is COCCNCC(=O)N1CCC(CN(C)C(C)C)CC1. The number of ether oxygens (including phenoxy) is 1. The molecule has 1 rings (SSSR count). The third kappa shape index (κ3) is 6.20. The number of amides is 1. The first-order chi connectivity index (χ1) is 9.54. The summed E-state index contributed by atoms with van der Waals surface area (Å²) in [6, 6.07) is 0.597. The molecule has 0 saturated carbocycles. The van der Waals surface area contributed by atoms with Crippen LogP contribution < -0.4 is 5.32 Å². The minimum absolute atomic E-state index is 0.219. The van der Waals surface area contributed by atoms with E-state index in [1.165, 1.54) is 0 Å². The van der Waals surface area contributed by atoms with E-state index in [1.54, 1.807) is 7.11 Å². The van der Waals surface area contributed by atoms with Gasteiger partial charge in [0.05, 0.1) is 13.2 Å². The summed E-state index contributed by atoms with van der Waals surface area (Å²) in [5.41, 5.74) is 0. The fourth-order valence-electron chi connectivity index (χ4n) is 2.46. The number of carbonyl (C=O) groups excluding carboxylic acids is 1. The van der Waals surface area contributed by atoms with Crippen molar-refractivity contribution in [3.63, 3.8) is 0 Å². The molecule has 1 fully saturated rings. The van der Waals surface area contributed by atoms with Gasteiger partial charge >= 0.3 is 0 Å². The van der Waals surface area contributed by atoms with Crippen molar-refractivity contribution < 1.29 is 9.53 Å². The van der Waals surface area contributed by atoms with Crippen LogP contribution in [0.15, 0.2) is 0 Å². The summed E-state index contributed by atoms with van der Waals surface area (Å²) in [7, 11) is 3.85. The molecule has 1 amide bonds. The van der Waals surface area contributed by atoms with Crippen LogP contribution >= 0.6 is 0 Å². The first-order valence-electron chi connectivity index (χ1n) is 7.72. The van der Waals surface area contributed by atoms with Gasteiger partial charge in [0.1, 0.15) is 0 Å². The maximum absolute atomic E-state index is 12.0. The van der Waals surface area contributed by atoms with Crippen molar-refractivity contribution >= 4 is 5.91 Å². The van der Waals surface area contributed by atoms with Crippen LogP contribution in [0, 0.1) is 5.92 Å². The van der Waals surface area contributed by atoms with Crippen molar-refractivity contribution in [1.29, 1.82) is 0 Å². The summed E-state index contributed by atoms with van der Waals surface area (Å²) >= 11 is 0. The Kier molecular flexibility index (Phi) is 8.11. The summed E-state index contributed by atoms with van der Waals surface area (Å²) in [6.07, 6.45) is 2.25. The Labute approximate surface area is 123 Å². The first-order valence-corrected chi connectivity index (χ1v) is 7.72. The average molecular weight is 285 g/mol. The third-order valence-electron chi connectivity index (χ3n) is 4.15. The Morgan fingerprint density at radius 3 is 2.60 bits per heavy atom. The van der Waals surface area contributed by atoms with E-state index in [-0.39, 0.29) is 5.91 Å². The maximum Gasteiger partial charge on any atom is 0.236 e. The fraction of sp³-hybridized carbons (Fsp3) is 0.933. The van der Waals surface area contributed by atoms with E-state index in [0.29, 0.717) is 19.2 Å². The van der Waals surface area contributed by atoms with Gasteiger partial charge in [0.15, 0.2) is 0 Å². The van der Waals surface area contributed by atoms with Crippen molar-refractivity contribution in [2.75, 3.05) is 53.5 Å². The van der Waals surface area contributed by atoms with Crippen LogP contribution in [0.4, 0.5) is 0 Å². The fourth-order valence-corrected chi connectivity index (χ4v) is 2.46. The Bertz CT molecular complexity index is 276. The molecule has 118 valence electrons. The summed E-state index contributed by atoms with van der Waals surface area (Å²) in [5, 5.41) is 3.12. The predicted molar refractivity (Wildman–Crippen MR) is 81.8 cm³/mol. The number of hydrogen-bond donors (Lipinski definition) is 1. The number of piperidine rings is 1. The van der Waals surface area contributed by atoms with Crippen LogP contribution in [0.1, 0.15) is 26.7 Å². The van der Waals surface area contributed by atoms with Crippen LogP contribution in [0.3, 0.4) is 0 Å². The molecule has 1 aliphatic heterocycles. The molecule has 5 nitrogen and oxygen atoms in total. The van der Waals surface area contributed by atoms with Gasteiger partial charge in [-0.2, -0.15) is 0 Å². The molecule has 0 unspecified atom stereocenters. The summed E-state index contributed by atoms with van der Waals surface area (Å²) in [6.45, 7) is 9.22. The van der Waals surface area contributed by atoms with Crippen molar-refractivity contribution in [2.45, 2.75) is 32.7 Å². The van der Waals surface area contributed by atoms with E-state index < -0.39 is 0 Å². The molecular formula is C15H31N3O2. The highest BCUT2D eigenvalue weighted by molar-refractivity contribution is 5.78. The molecule has 0 aromatic carbocycles. The second-order valence-corrected chi connectivity index (χ2v) is 6.03. The quantitative estimate of drug-likeness (QED) is 0.670. The third-order valence-corrected chi connectivity index (χ3v) is 4.15.